The van der Waals surface area contributed by atoms with E-state index in [-0.39, 0.29) is 24.0 Å². The molecule has 2 aliphatic rings. The van der Waals surface area contributed by atoms with Crippen molar-refractivity contribution in [2.24, 2.45) is 0 Å². The molecule has 2 aromatic carbocycles. The van der Waals surface area contributed by atoms with E-state index in [4.69, 9.17) is 16.3 Å². The van der Waals surface area contributed by atoms with Gasteiger partial charge in [0.05, 0.1) is 17.1 Å². The predicted octanol–water partition coefficient (Wildman–Crippen LogP) is 3.59. The molecule has 0 radical (unpaired) electrons. The largest absolute Gasteiger partial charge is 0.486 e. The van der Waals surface area contributed by atoms with E-state index >= 15 is 0 Å². The Kier molecular flexibility index (Phi) is 4.79. The van der Waals surface area contributed by atoms with E-state index in [2.05, 4.69) is 12.2 Å². The number of nitrogens with one attached hydrogen (secondary N) is 1. The summed E-state index contributed by atoms with van der Waals surface area (Å²) in [6.07, 6.45) is 1.46. The molecule has 28 heavy (non-hydrogen) atoms. The maximum atomic E-state index is 13.1. The summed E-state index contributed by atoms with van der Waals surface area (Å²) in [6, 6.07) is 9.54. The van der Waals surface area contributed by atoms with Gasteiger partial charge in [-0.25, -0.2) is 0 Å². The van der Waals surface area contributed by atoms with Gasteiger partial charge in [0.1, 0.15) is 6.10 Å². The highest BCUT2D eigenvalue weighted by Crippen LogP contribution is 2.40. The summed E-state index contributed by atoms with van der Waals surface area (Å²) >= 11 is 6.63. The zero-order valence-corrected chi connectivity index (χ0v) is 17.0. The molecule has 1 saturated heterocycles. The third kappa shape index (κ3) is 3.14. The van der Waals surface area contributed by atoms with Gasteiger partial charge in [-0.2, -0.15) is 0 Å². The van der Waals surface area contributed by atoms with Crippen molar-refractivity contribution in [3.63, 3.8) is 0 Å². The fraction of sp³-hybridized carbons (Fsp3) is 0.364. The number of rotatable bonds is 3. The topological polar surface area (TPSA) is 58.6 Å². The van der Waals surface area contributed by atoms with Crippen molar-refractivity contribution in [2.75, 3.05) is 13.6 Å². The highest BCUT2D eigenvalue weighted by Gasteiger charge is 2.40. The average molecular weight is 399 g/mol. The Hall–Kier alpha value is -2.53. The van der Waals surface area contributed by atoms with E-state index in [1.807, 2.05) is 30.0 Å². The van der Waals surface area contributed by atoms with Crippen molar-refractivity contribution in [2.45, 2.75) is 38.8 Å². The molecular formula is C22H23ClN2O3. The lowest BCUT2D eigenvalue weighted by molar-refractivity contribution is 0.0748. The van der Waals surface area contributed by atoms with E-state index < -0.39 is 0 Å². The van der Waals surface area contributed by atoms with Gasteiger partial charge in [0.25, 0.3) is 11.8 Å². The first-order valence-electron chi connectivity index (χ1n) is 9.49. The molecule has 0 spiro atoms. The number of nitrogens with zero attached hydrogens (tertiary/aromatic N) is 1. The molecule has 5 nitrogen and oxygen atoms in total. The average Bonchev–Trinajstić information content (AvgIpc) is 3.00. The number of hydrogen-bond acceptors (Lipinski definition) is 3. The molecule has 2 aliphatic heterocycles. The van der Waals surface area contributed by atoms with Crippen LogP contribution in [0.15, 0.2) is 30.3 Å². The molecule has 2 aromatic rings. The van der Waals surface area contributed by atoms with Gasteiger partial charge < -0.3 is 15.0 Å². The highest BCUT2D eigenvalue weighted by molar-refractivity contribution is 6.33. The molecule has 1 unspecified atom stereocenters. The zero-order chi connectivity index (χ0) is 20.0. The van der Waals surface area contributed by atoms with Crippen molar-refractivity contribution >= 4 is 23.4 Å². The van der Waals surface area contributed by atoms with Crippen LogP contribution in [0.25, 0.3) is 0 Å². The van der Waals surface area contributed by atoms with Crippen LogP contribution in [-0.4, -0.2) is 42.5 Å². The normalized spacial score (nSPS) is 20.4. The van der Waals surface area contributed by atoms with Gasteiger partial charge in [0, 0.05) is 25.1 Å². The molecule has 0 saturated carbocycles. The molecule has 6 heteroatoms. The van der Waals surface area contributed by atoms with Gasteiger partial charge in [-0.3, -0.25) is 9.59 Å². The summed E-state index contributed by atoms with van der Waals surface area (Å²) in [4.78, 5) is 26.7. The number of amides is 2. The Morgan fingerprint density at radius 1 is 1.32 bits per heavy atom. The molecule has 2 bridgehead atoms. The van der Waals surface area contributed by atoms with Crippen LogP contribution in [0.5, 0.6) is 5.75 Å². The smallest absolute Gasteiger partial charge is 0.258 e. The van der Waals surface area contributed by atoms with Crippen LogP contribution in [0.3, 0.4) is 0 Å². The summed E-state index contributed by atoms with van der Waals surface area (Å²) in [7, 11) is 1.61. The minimum atomic E-state index is -0.114. The second-order valence-electron chi connectivity index (χ2n) is 7.59. The summed E-state index contributed by atoms with van der Waals surface area (Å²) in [5.41, 5.74) is 4.11. The van der Waals surface area contributed by atoms with Gasteiger partial charge in [0.2, 0.25) is 0 Å². The fourth-order valence-electron chi connectivity index (χ4n) is 4.04. The summed E-state index contributed by atoms with van der Waals surface area (Å²) in [5, 5.41) is 3.13. The molecule has 2 heterocycles. The SMILES string of the molecule is CNC(=O)c1ccc(Cc2cc3c(c(Cl)c2C)OC2C[C@H](C)N(C2)C3=O)cc1. The number of carbonyl (C=O) groups is 2. The first-order valence-corrected chi connectivity index (χ1v) is 9.87. The van der Waals surface area contributed by atoms with Gasteiger partial charge >= 0.3 is 0 Å². The maximum absolute atomic E-state index is 13.1. The lowest BCUT2D eigenvalue weighted by atomic mass is 9.96. The predicted molar refractivity (Wildman–Crippen MR) is 108 cm³/mol. The van der Waals surface area contributed by atoms with Crippen molar-refractivity contribution < 1.29 is 14.3 Å². The molecular weight excluding hydrogens is 376 g/mol. The number of fused-ring (bicyclic) bond motifs is 3. The van der Waals surface area contributed by atoms with Crippen LogP contribution >= 0.6 is 11.6 Å². The van der Waals surface area contributed by atoms with Gasteiger partial charge in [0.15, 0.2) is 5.75 Å². The summed E-state index contributed by atoms with van der Waals surface area (Å²) in [6.45, 7) is 4.62. The number of carbonyl (C=O) groups excluding carboxylic acids is 2. The second-order valence-corrected chi connectivity index (χ2v) is 7.96. The number of ether oxygens (including phenoxy) is 1. The third-order valence-electron chi connectivity index (χ3n) is 5.72. The van der Waals surface area contributed by atoms with Gasteiger partial charge in [-0.15, -0.1) is 0 Å². The van der Waals surface area contributed by atoms with Crippen LogP contribution in [0.1, 0.15) is 50.8 Å². The lowest BCUT2D eigenvalue weighted by Crippen LogP contribution is -2.33. The Balaban J connectivity index is 1.69. The number of halogens is 1. The van der Waals surface area contributed by atoms with Crippen molar-refractivity contribution in [1.82, 2.24) is 10.2 Å². The Morgan fingerprint density at radius 2 is 2.04 bits per heavy atom. The third-order valence-corrected chi connectivity index (χ3v) is 6.18. The number of benzene rings is 2. The molecule has 1 fully saturated rings. The highest BCUT2D eigenvalue weighted by atomic mass is 35.5. The summed E-state index contributed by atoms with van der Waals surface area (Å²) in [5.74, 6) is 0.389. The summed E-state index contributed by atoms with van der Waals surface area (Å²) < 4.78 is 6.12. The molecule has 0 aliphatic carbocycles. The van der Waals surface area contributed by atoms with Crippen LogP contribution in [0, 0.1) is 6.92 Å². The van der Waals surface area contributed by atoms with Gasteiger partial charge in [-0.1, -0.05) is 23.7 Å². The fourth-order valence-corrected chi connectivity index (χ4v) is 4.31. The molecule has 4 rings (SSSR count). The van der Waals surface area contributed by atoms with Crippen LogP contribution in [0.2, 0.25) is 5.02 Å². The van der Waals surface area contributed by atoms with E-state index in [0.717, 1.165) is 23.1 Å². The second kappa shape index (κ2) is 7.13. The minimum absolute atomic E-state index is 0.000191. The molecule has 0 aromatic heterocycles. The van der Waals surface area contributed by atoms with Gasteiger partial charge in [-0.05, 0) is 55.2 Å². The minimum Gasteiger partial charge on any atom is -0.486 e. The van der Waals surface area contributed by atoms with E-state index in [1.165, 1.54) is 0 Å². The van der Waals surface area contributed by atoms with Crippen molar-refractivity contribution in [1.29, 1.82) is 0 Å². The van der Waals surface area contributed by atoms with E-state index in [1.54, 1.807) is 19.2 Å². The molecule has 2 atom stereocenters. The van der Waals surface area contributed by atoms with E-state index in [9.17, 15) is 9.59 Å². The number of hydrogen-bond donors (Lipinski definition) is 1. The first-order chi connectivity index (χ1) is 13.4. The molecule has 1 N–H and O–H groups in total. The van der Waals surface area contributed by atoms with E-state index in [0.29, 0.717) is 34.9 Å². The Bertz CT molecular complexity index is 955. The quantitative estimate of drug-likeness (QED) is 0.859. The zero-order valence-electron chi connectivity index (χ0n) is 16.2. The standard InChI is InChI=1S/C22H23ClN2O3/c1-12-8-17-11-25(12)22(27)18-10-16(13(2)19(23)20(18)28-17)9-14-4-6-15(7-5-14)21(26)24-3/h4-7,10,12,17H,8-9,11H2,1-3H3,(H,24,26)/t12-,17?/m0/s1. The lowest BCUT2D eigenvalue weighted by Gasteiger charge is -2.23. The van der Waals surface area contributed by atoms with Crippen molar-refractivity contribution in [3.05, 3.63) is 63.2 Å². The molecule has 2 amide bonds. The Labute approximate surface area is 169 Å². The molecule has 146 valence electrons. The Morgan fingerprint density at radius 3 is 2.71 bits per heavy atom. The first kappa shape index (κ1) is 18.8. The van der Waals surface area contributed by atoms with Crippen LogP contribution in [0.4, 0.5) is 0 Å². The maximum Gasteiger partial charge on any atom is 0.258 e. The van der Waals surface area contributed by atoms with Crippen molar-refractivity contribution in [3.8, 4) is 5.75 Å². The van der Waals surface area contributed by atoms with Crippen LogP contribution in [-0.2, 0) is 6.42 Å². The van der Waals surface area contributed by atoms with Crippen LogP contribution < -0.4 is 10.1 Å². The monoisotopic (exact) mass is 398 g/mol.